The molecule has 0 aliphatic heterocycles. The molecule has 0 fully saturated rings. The third-order valence-corrected chi connectivity index (χ3v) is 12.9. The van der Waals surface area contributed by atoms with Gasteiger partial charge < -0.3 is 9.32 Å². The van der Waals surface area contributed by atoms with E-state index in [9.17, 15) is 0 Å². The van der Waals surface area contributed by atoms with E-state index in [0.717, 1.165) is 28.4 Å². The second kappa shape index (κ2) is 12.8. The first kappa shape index (κ1) is 34.4. The van der Waals surface area contributed by atoms with Crippen LogP contribution in [0.2, 0.25) is 0 Å². The summed E-state index contributed by atoms with van der Waals surface area (Å²) in [7, 11) is 0. The van der Waals surface area contributed by atoms with Gasteiger partial charge in [-0.25, -0.2) is 0 Å². The van der Waals surface area contributed by atoms with Crippen molar-refractivity contribution in [2.24, 2.45) is 0 Å². The SMILES string of the molecule is CC1(C)c2ccccc2-c2ccc(-c3ccc(N(c4ccc(-c5ccccc5)cc4)c4ccc(-c5ccc6c(c5)C(C)(C)c5c-6oc6ccccc56)cc4)cc3)cc21. The molecule has 0 radical (unpaired) electrons. The van der Waals surface area contributed by atoms with Gasteiger partial charge >= 0.3 is 0 Å². The van der Waals surface area contributed by atoms with Crippen LogP contribution in [0.25, 0.3) is 66.8 Å². The fraction of sp³-hybridized carbons (Fsp3) is 0.107. The molecule has 2 aliphatic rings. The molecule has 2 nitrogen and oxygen atoms in total. The van der Waals surface area contributed by atoms with Crippen molar-refractivity contribution in [3.8, 4) is 55.8 Å². The Bertz CT molecular complexity index is 3020. The molecule has 11 rings (SSSR count). The molecule has 0 amide bonds. The van der Waals surface area contributed by atoms with Crippen LogP contribution in [0.15, 0.2) is 192 Å². The van der Waals surface area contributed by atoms with Crippen molar-refractivity contribution in [1.29, 1.82) is 0 Å². The van der Waals surface area contributed by atoms with E-state index in [4.69, 9.17) is 4.42 Å². The minimum Gasteiger partial charge on any atom is -0.456 e. The van der Waals surface area contributed by atoms with E-state index in [1.54, 1.807) is 0 Å². The second-order valence-electron chi connectivity index (χ2n) is 17.0. The largest absolute Gasteiger partial charge is 0.456 e. The zero-order valence-electron chi connectivity index (χ0n) is 33.3. The van der Waals surface area contributed by atoms with Gasteiger partial charge in [0.15, 0.2) is 0 Å². The van der Waals surface area contributed by atoms with E-state index >= 15 is 0 Å². The fourth-order valence-electron chi connectivity index (χ4n) is 9.80. The highest BCUT2D eigenvalue weighted by molar-refractivity contribution is 5.95. The Morgan fingerprint density at radius 1 is 0.362 bits per heavy atom. The maximum absolute atomic E-state index is 6.44. The molecule has 9 aromatic rings. The molecule has 278 valence electrons. The van der Waals surface area contributed by atoms with Crippen LogP contribution in [0.3, 0.4) is 0 Å². The van der Waals surface area contributed by atoms with Gasteiger partial charge in [0.2, 0.25) is 0 Å². The van der Waals surface area contributed by atoms with Gasteiger partial charge in [-0.05, 0) is 116 Å². The minimum absolute atomic E-state index is 0.0374. The van der Waals surface area contributed by atoms with Gasteiger partial charge in [-0.3, -0.25) is 0 Å². The maximum Gasteiger partial charge on any atom is 0.139 e. The Kier molecular flexibility index (Phi) is 7.59. The van der Waals surface area contributed by atoms with E-state index in [1.807, 2.05) is 6.07 Å². The number of nitrogens with zero attached hydrogens (tertiary/aromatic N) is 1. The zero-order valence-corrected chi connectivity index (χ0v) is 33.3. The van der Waals surface area contributed by atoms with Gasteiger partial charge in [-0.1, -0.05) is 161 Å². The summed E-state index contributed by atoms with van der Waals surface area (Å²) >= 11 is 0. The van der Waals surface area contributed by atoms with E-state index in [0.29, 0.717) is 0 Å². The van der Waals surface area contributed by atoms with Gasteiger partial charge in [0, 0.05) is 44.4 Å². The van der Waals surface area contributed by atoms with Crippen LogP contribution >= 0.6 is 0 Å². The number of benzene rings is 8. The van der Waals surface area contributed by atoms with E-state index in [1.165, 1.54) is 77.7 Å². The number of anilines is 3. The normalized spacial score (nSPS) is 14.1. The number of rotatable bonds is 6. The maximum atomic E-state index is 6.44. The predicted molar refractivity (Wildman–Crippen MR) is 242 cm³/mol. The highest BCUT2D eigenvalue weighted by Crippen LogP contribution is 2.54. The molecule has 0 atom stereocenters. The average Bonchev–Trinajstić information content (AvgIpc) is 3.85. The molecular weight excluding hydrogens is 703 g/mol. The summed E-state index contributed by atoms with van der Waals surface area (Å²) in [6.07, 6.45) is 0. The van der Waals surface area contributed by atoms with Crippen LogP contribution in [0, 0.1) is 0 Å². The van der Waals surface area contributed by atoms with Crippen LogP contribution < -0.4 is 4.90 Å². The van der Waals surface area contributed by atoms with Gasteiger partial charge in [-0.2, -0.15) is 0 Å². The molecule has 1 aromatic heterocycles. The van der Waals surface area contributed by atoms with Crippen LogP contribution in [0.1, 0.15) is 49.9 Å². The molecule has 0 saturated heterocycles. The molecule has 0 unspecified atom stereocenters. The number of furan rings is 1. The smallest absolute Gasteiger partial charge is 0.139 e. The minimum atomic E-state index is -0.164. The van der Waals surface area contributed by atoms with Crippen LogP contribution in [0.4, 0.5) is 17.1 Å². The van der Waals surface area contributed by atoms with E-state index < -0.39 is 0 Å². The summed E-state index contributed by atoms with van der Waals surface area (Å²) in [5.41, 5.74) is 20.6. The zero-order chi connectivity index (χ0) is 39.2. The molecule has 0 N–H and O–H groups in total. The van der Waals surface area contributed by atoms with Crippen molar-refractivity contribution in [1.82, 2.24) is 0 Å². The van der Waals surface area contributed by atoms with Crippen LogP contribution in [0.5, 0.6) is 0 Å². The van der Waals surface area contributed by atoms with Crippen molar-refractivity contribution in [2.45, 2.75) is 38.5 Å². The van der Waals surface area contributed by atoms with E-state index in [2.05, 4.69) is 215 Å². The summed E-state index contributed by atoms with van der Waals surface area (Å²) < 4.78 is 6.44. The van der Waals surface area contributed by atoms with Crippen molar-refractivity contribution >= 4 is 28.0 Å². The number of hydrogen-bond acceptors (Lipinski definition) is 2. The fourth-order valence-corrected chi connectivity index (χ4v) is 9.80. The molecule has 0 spiro atoms. The second-order valence-corrected chi connectivity index (χ2v) is 17.0. The van der Waals surface area contributed by atoms with Crippen molar-refractivity contribution in [3.05, 3.63) is 210 Å². The number of hydrogen-bond donors (Lipinski definition) is 0. The number of para-hydroxylation sites is 1. The highest BCUT2D eigenvalue weighted by Gasteiger charge is 2.40. The topological polar surface area (TPSA) is 16.4 Å². The molecular formula is C56H43NO. The van der Waals surface area contributed by atoms with E-state index in [-0.39, 0.29) is 10.8 Å². The predicted octanol–water partition coefficient (Wildman–Crippen LogP) is 15.5. The third kappa shape index (κ3) is 5.25. The Hall–Kier alpha value is -6.90. The first-order valence-electron chi connectivity index (χ1n) is 20.3. The molecule has 0 bridgehead atoms. The Labute approximate surface area is 340 Å². The van der Waals surface area contributed by atoms with Crippen molar-refractivity contribution < 1.29 is 4.42 Å². The number of fused-ring (bicyclic) bond motifs is 8. The average molecular weight is 746 g/mol. The lowest BCUT2D eigenvalue weighted by molar-refractivity contribution is 0.619. The van der Waals surface area contributed by atoms with Gasteiger partial charge in [0.1, 0.15) is 11.3 Å². The molecule has 2 aliphatic carbocycles. The van der Waals surface area contributed by atoms with Crippen LogP contribution in [-0.4, -0.2) is 0 Å². The molecule has 2 heteroatoms. The lowest BCUT2D eigenvalue weighted by Crippen LogP contribution is -2.15. The van der Waals surface area contributed by atoms with Crippen molar-refractivity contribution in [3.63, 3.8) is 0 Å². The summed E-state index contributed by atoms with van der Waals surface area (Å²) in [6.45, 7) is 9.34. The summed E-state index contributed by atoms with van der Waals surface area (Å²) in [5, 5.41) is 1.21. The molecule has 8 aromatic carbocycles. The van der Waals surface area contributed by atoms with Gasteiger partial charge in [0.05, 0.1) is 0 Å². The lowest BCUT2D eigenvalue weighted by Gasteiger charge is -2.26. The molecule has 0 saturated carbocycles. The lowest BCUT2D eigenvalue weighted by atomic mass is 9.80. The van der Waals surface area contributed by atoms with Crippen LogP contribution in [-0.2, 0) is 10.8 Å². The molecule has 1 heterocycles. The third-order valence-electron chi connectivity index (χ3n) is 12.9. The Balaban J connectivity index is 0.945. The summed E-state index contributed by atoms with van der Waals surface area (Å²) in [5.74, 6) is 1.01. The first-order valence-corrected chi connectivity index (χ1v) is 20.3. The van der Waals surface area contributed by atoms with Gasteiger partial charge in [-0.15, -0.1) is 0 Å². The Morgan fingerprint density at radius 2 is 0.810 bits per heavy atom. The summed E-state index contributed by atoms with van der Waals surface area (Å²) in [6, 6.07) is 68.7. The molecule has 58 heavy (non-hydrogen) atoms. The highest BCUT2D eigenvalue weighted by atomic mass is 16.3. The first-order chi connectivity index (χ1) is 28.3. The Morgan fingerprint density at radius 3 is 1.43 bits per heavy atom. The standard InChI is InChI=1S/C56H43NO/c1-55(2)49-16-10-8-14-45(49)46-32-24-40(34-50(46)55)38-20-28-43(29-21-38)57(42-26-18-37(19-27-42)36-12-6-5-7-13-36)44-30-22-39(23-31-44)41-25-33-47-51(35-41)56(3,4)53-48-15-9-11-17-52(48)58-54(47)53/h5-35H,1-4H3. The monoisotopic (exact) mass is 745 g/mol. The van der Waals surface area contributed by atoms with Crippen molar-refractivity contribution in [2.75, 3.05) is 4.90 Å². The quantitative estimate of drug-likeness (QED) is 0.169. The van der Waals surface area contributed by atoms with Gasteiger partial charge in [0.25, 0.3) is 0 Å². The summed E-state index contributed by atoms with van der Waals surface area (Å²) in [4.78, 5) is 2.36.